The minimum atomic E-state index is -0.358. The minimum Gasteiger partial charge on any atom is -0.455 e. The molecule has 10 aromatic rings. The molecule has 2 atom stereocenters. The highest BCUT2D eigenvalue weighted by atomic mass is 16.3. The average molecular weight is 872 g/mol. The SMILES string of the molecule is C1=C(c2ccccc2)CC2C(=C1)N(c1ccccc1)c1cccc(-c3cccc(C4N=C(c5cccc(-c6cccc7c6oc6ccccc67)c5)C=C(c5cccc(-c6ccccc6)c5)N4)c3)c12. The summed E-state index contributed by atoms with van der Waals surface area (Å²) in [6.07, 6.45) is 7.44. The van der Waals surface area contributed by atoms with Crippen molar-refractivity contribution in [3.05, 3.63) is 276 Å². The number of furan rings is 1. The van der Waals surface area contributed by atoms with Crippen molar-refractivity contribution in [2.24, 2.45) is 4.99 Å². The van der Waals surface area contributed by atoms with Crippen LogP contribution in [0.4, 0.5) is 11.4 Å². The molecule has 9 aromatic carbocycles. The molecule has 68 heavy (non-hydrogen) atoms. The quantitative estimate of drug-likeness (QED) is 0.165. The molecule has 0 spiro atoms. The molecule has 4 nitrogen and oxygen atoms in total. The summed E-state index contributed by atoms with van der Waals surface area (Å²) in [4.78, 5) is 8.03. The molecule has 322 valence electrons. The van der Waals surface area contributed by atoms with Gasteiger partial charge in [-0.25, -0.2) is 0 Å². The Hall–Kier alpha value is -8.73. The first-order valence-corrected chi connectivity index (χ1v) is 23.5. The minimum absolute atomic E-state index is 0.187. The van der Waals surface area contributed by atoms with E-state index in [9.17, 15) is 0 Å². The Morgan fingerprint density at radius 2 is 1.10 bits per heavy atom. The van der Waals surface area contributed by atoms with Gasteiger partial charge in [0.05, 0.1) is 11.4 Å². The van der Waals surface area contributed by atoms with Crippen molar-refractivity contribution in [1.29, 1.82) is 0 Å². The zero-order chi connectivity index (χ0) is 45.0. The van der Waals surface area contributed by atoms with Crippen molar-refractivity contribution in [2.45, 2.75) is 18.5 Å². The molecular formula is C64H45N3O. The van der Waals surface area contributed by atoms with Crippen LogP contribution in [0.2, 0.25) is 0 Å². The number of para-hydroxylation sites is 3. The van der Waals surface area contributed by atoms with Crippen LogP contribution in [0.5, 0.6) is 0 Å². The molecule has 0 bridgehead atoms. The Balaban J connectivity index is 0.921. The van der Waals surface area contributed by atoms with E-state index in [4.69, 9.17) is 9.41 Å². The second kappa shape index (κ2) is 16.6. The number of nitrogens with zero attached hydrogens (tertiary/aromatic N) is 2. The smallest absolute Gasteiger partial charge is 0.145 e. The first-order valence-electron chi connectivity index (χ1n) is 23.5. The van der Waals surface area contributed by atoms with Gasteiger partial charge in [0.2, 0.25) is 0 Å². The van der Waals surface area contributed by atoms with Crippen molar-refractivity contribution < 1.29 is 4.42 Å². The number of aliphatic imine (C=N–C) groups is 1. The molecule has 0 fully saturated rings. The van der Waals surface area contributed by atoms with Gasteiger partial charge in [-0.3, -0.25) is 4.99 Å². The second-order valence-electron chi connectivity index (χ2n) is 17.9. The maximum absolute atomic E-state index is 6.52. The van der Waals surface area contributed by atoms with E-state index in [0.717, 1.165) is 67.6 Å². The highest BCUT2D eigenvalue weighted by molar-refractivity contribution is 6.14. The zero-order valence-electron chi connectivity index (χ0n) is 37.3. The molecule has 0 saturated carbocycles. The lowest BCUT2D eigenvalue weighted by Gasteiger charge is -2.26. The molecule has 3 heterocycles. The third kappa shape index (κ3) is 6.97. The van der Waals surface area contributed by atoms with Crippen LogP contribution < -0.4 is 10.2 Å². The summed E-state index contributed by atoms with van der Waals surface area (Å²) in [7, 11) is 0. The van der Waals surface area contributed by atoms with Gasteiger partial charge in [0.1, 0.15) is 17.3 Å². The molecule has 2 aliphatic heterocycles. The fourth-order valence-corrected chi connectivity index (χ4v) is 10.6. The number of allylic oxidation sites excluding steroid dienone is 5. The van der Waals surface area contributed by atoms with Gasteiger partial charge in [-0.05, 0) is 117 Å². The molecule has 4 heteroatoms. The Bertz CT molecular complexity index is 3690. The molecular weight excluding hydrogens is 827 g/mol. The predicted molar refractivity (Wildman–Crippen MR) is 282 cm³/mol. The van der Waals surface area contributed by atoms with Crippen LogP contribution >= 0.6 is 0 Å². The fraction of sp³-hybridized carbons (Fsp3) is 0.0469. The van der Waals surface area contributed by atoms with Gasteiger partial charge in [0, 0.05) is 44.9 Å². The lowest BCUT2D eigenvalue weighted by molar-refractivity contribution is 0.664. The number of anilines is 2. The lowest BCUT2D eigenvalue weighted by atomic mass is 9.82. The number of hydrogen-bond donors (Lipinski definition) is 1. The molecule has 1 N–H and O–H groups in total. The van der Waals surface area contributed by atoms with Crippen LogP contribution in [0, 0.1) is 0 Å². The Labute approximate surface area is 396 Å². The van der Waals surface area contributed by atoms with E-state index in [2.05, 4.69) is 241 Å². The molecule has 0 amide bonds. The van der Waals surface area contributed by atoms with Gasteiger partial charge < -0.3 is 14.6 Å². The van der Waals surface area contributed by atoms with E-state index < -0.39 is 0 Å². The monoisotopic (exact) mass is 871 g/mol. The maximum atomic E-state index is 6.52. The summed E-state index contributed by atoms with van der Waals surface area (Å²) in [6.45, 7) is 0. The van der Waals surface area contributed by atoms with Crippen molar-refractivity contribution in [3.8, 4) is 33.4 Å². The predicted octanol–water partition coefficient (Wildman–Crippen LogP) is 16.3. The molecule has 13 rings (SSSR count). The van der Waals surface area contributed by atoms with Crippen molar-refractivity contribution >= 4 is 50.3 Å². The summed E-state index contributed by atoms with van der Waals surface area (Å²) in [5.41, 5.74) is 21.5. The van der Waals surface area contributed by atoms with E-state index in [-0.39, 0.29) is 12.1 Å². The van der Waals surface area contributed by atoms with Crippen LogP contribution in [0.15, 0.2) is 258 Å². The molecule has 3 aliphatic rings. The Kier molecular flexibility index (Phi) is 9.68. The number of nitrogens with one attached hydrogen (secondary N) is 1. The van der Waals surface area contributed by atoms with Gasteiger partial charge >= 0.3 is 0 Å². The van der Waals surface area contributed by atoms with E-state index in [0.29, 0.717) is 0 Å². The zero-order valence-corrected chi connectivity index (χ0v) is 37.3. The van der Waals surface area contributed by atoms with E-state index in [1.807, 2.05) is 12.1 Å². The normalized spacial score (nSPS) is 16.3. The summed E-state index contributed by atoms with van der Waals surface area (Å²) >= 11 is 0. The average Bonchev–Trinajstić information content (AvgIpc) is 3.97. The van der Waals surface area contributed by atoms with Crippen LogP contribution in [-0.4, -0.2) is 5.71 Å². The van der Waals surface area contributed by atoms with Crippen molar-refractivity contribution in [2.75, 3.05) is 4.90 Å². The molecule has 2 unspecified atom stereocenters. The summed E-state index contributed by atoms with van der Waals surface area (Å²) in [5.74, 6) is 0.187. The molecule has 0 saturated heterocycles. The van der Waals surface area contributed by atoms with Gasteiger partial charge in [-0.2, -0.15) is 0 Å². The highest BCUT2D eigenvalue weighted by Crippen LogP contribution is 2.55. The van der Waals surface area contributed by atoms with Gasteiger partial charge in [0.15, 0.2) is 0 Å². The van der Waals surface area contributed by atoms with E-state index >= 15 is 0 Å². The van der Waals surface area contributed by atoms with Crippen molar-refractivity contribution in [3.63, 3.8) is 0 Å². The molecule has 1 aliphatic carbocycles. The van der Waals surface area contributed by atoms with E-state index in [1.54, 1.807) is 0 Å². The van der Waals surface area contributed by atoms with Crippen LogP contribution in [0.25, 0.3) is 66.6 Å². The molecule has 0 radical (unpaired) electrons. The molecule has 1 aromatic heterocycles. The number of rotatable bonds is 8. The van der Waals surface area contributed by atoms with Gasteiger partial charge in [0.25, 0.3) is 0 Å². The lowest BCUT2D eigenvalue weighted by Crippen LogP contribution is -2.25. The van der Waals surface area contributed by atoms with Crippen LogP contribution in [0.1, 0.15) is 46.3 Å². The highest BCUT2D eigenvalue weighted by Gasteiger charge is 2.38. The van der Waals surface area contributed by atoms with Crippen LogP contribution in [-0.2, 0) is 0 Å². The standard InChI is InChI=1S/C64H45N3O/c1-4-17-42(18-5-1)44-21-12-24-48(37-44)57-41-58(49-25-13-23-47(38-49)53-31-15-32-55-54-29-10-11-34-61(54)68-63(53)55)66-64(65-57)50-26-14-22-46(39-50)52-30-16-33-60-62(52)56-40-45(43-19-6-2-7-20-43)35-36-59(56)67(60)51-27-8-3-9-28-51/h1-39,41,56,64-65H,40H2. The first kappa shape index (κ1) is 39.6. The third-order valence-corrected chi connectivity index (χ3v) is 13.8. The van der Waals surface area contributed by atoms with Crippen LogP contribution in [0.3, 0.4) is 0 Å². The first-order chi connectivity index (χ1) is 33.7. The van der Waals surface area contributed by atoms with E-state index in [1.165, 1.54) is 56.0 Å². The fourth-order valence-electron chi connectivity index (χ4n) is 10.6. The summed E-state index contributed by atoms with van der Waals surface area (Å²) in [5, 5.41) is 6.15. The maximum Gasteiger partial charge on any atom is 0.145 e. The van der Waals surface area contributed by atoms with Gasteiger partial charge in [-0.15, -0.1) is 0 Å². The van der Waals surface area contributed by atoms with Crippen molar-refractivity contribution in [1.82, 2.24) is 5.32 Å². The second-order valence-corrected chi connectivity index (χ2v) is 17.9. The Morgan fingerprint density at radius 1 is 0.485 bits per heavy atom. The van der Waals surface area contributed by atoms with Gasteiger partial charge in [-0.1, -0.05) is 188 Å². The summed E-state index contributed by atoms with van der Waals surface area (Å²) in [6, 6.07) is 80.3. The largest absolute Gasteiger partial charge is 0.455 e. The summed E-state index contributed by atoms with van der Waals surface area (Å²) < 4.78 is 6.52. The topological polar surface area (TPSA) is 40.8 Å². The number of hydrogen-bond acceptors (Lipinski definition) is 4. The Morgan fingerprint density at radius 3 is 1.94 bits per heavy atom. The third-order valence-electron chi connectivity index (χ3n) is 13.8. The number of fused-ring (bicyclic) bond motifs is 6. The number of benzene rings is 9.